The lowest BCUT2D eigenvalue weighted by Gasteiger charge is -2.21. The van der Waals surface area contributed by atoms with Crippen molar-refractivity contribution in [3.63, 3.8) is 0 Å². The van der Waals surface area contributed by atoms with E-state index >= 15 is 0 Å². The van der Waals surface area contributed by atoms with Gasteiger partial charge in [0.25, 0.3) is 5.56 Å². The van der Waals surface area contributed by atoms with Gasteiger partial charge < -0.3 is 4.57 Å². The molecule has 0 saturated carbocycles. The summed E-state index contributed by atoms with van der Waals surface area (Å²) in [6, 6.07) is 3.24. The Labute approximate surface area is 122 Å². The first kappa shape index (κ1) is 14.5. The van der Waals surface area contributed by atoms with E-state index in [0.717, 1.165) is 48.8 Å². The molecule has 2 rings (SSSR count). The fraction of sp³-hybridized carbons (Fsp3) is 0.600. The third kappa shape index (κ3) is 3.35. The zero-order valence-corrected chi connectivity index (χ0v) is 12.9. The van der Waals surface area contributed by atoms with Crippen molar-refractivity contribution in [2.75, 3.05) is 5.33 Å². The largest absolute Gasteiger partial charge is 0.312 e. The smallest absolute Gasteiger partial charge is 0.250 e. The van der Waals surface area contributed by atoms with Gasteiger partial charge in [-0.05, 0) is 37.7 Å². The first-order valence-electron chi connectivity index (χ1n) is 6.95. The number of aromatic nitrogens is 1. The monoisotopic (exact) mass is 325 g/mol. The van der Waals surface area contributed by atoms with Gasteiger partial charge in [0.1, 0.15) is 0 Å². The molecule has 1 aromatic rings. The van der Waals surface area contributed by atoms with Gasteiger partial charge in [-0.1, -0.05) is 22.9 Å². The van der Waals surface area contributed by atoms with Crippen LogP contribution in [0.1, 0.15) is 48.7 Å². The Balaban J connectivity index is 2.22. The van der Waals surface area contributed by atoms with E-state index in [4.69, 9.17) is 0 Å². The van der Waals surface area contributed by atoms with E-state index in [1.807, 2.05) is 4.57 Å². The first-order valence-corrected chi connectivity index (χ1v) is 8.07. The molecule has 1 aliphatic rings. The highest BCUT2D eigenvalue weighted by molar-refractivity contribution is 9.09. The molecule has 0 saturated heterocycles. The van der Waals surface area contributed by atoms with Gasteiger partial charge in [0, 0.05) is 35.6 Å². The molecule has 4 heteroatoms. The van der Waals surface area contributed by atoms with E-state index in [0.29, 0.717) is 12.3 Å². The molecule has 0 aliphatic heterocycles. The predicted molar refractivity (Wildman–Crippen MR) is 80.2 cm³/mol. The maximum Gasteiger partial charge on any atom is 0.250 e. The van der Waals surface area contributed by atoms with Gasteiger partial charge in [-0.25, -0.2) is 0 Å². The van der Waals surface area contributed by atoms with E-state index in [2.05, 4.69) is 22.9 Å². The van der Waals surface area contributed by atoms with Crippen LogP contribution in [-0.4, -0.2) is 15.7 Å². The van der Waals surface area contributed by atoms with Crippen molar-refractivity contribution in [3.8, 4) is 0 Å². The van der Waals surface area contributed by atoms with Crippen LogP contribution in [0.15, 0.2) is 16.9 Å². The number of carbonyl (C=O) groups is 1. The van der Waals surface area contributed by atoms with Crippen molar-refractivity contribution in [1.29, 1.82) is 0 Å². The minimum Gasteiger partial charge on any atom is -0.312 e. The number of rotatable bonds is 5. The van der Waals surface area contributed by atoms with Crippen LogP contribution in [0, 0.1) is 5.92 Å². The topological polar surface area (TPSA) is 39.1 Å². The molecule has 1 unspecified atom stereocenters. The average molecular weight is 326 g/mol. The number of nitrogens with zero attached hydrogens (tertiary/aromatic N) is 1. The number of alkyl halides is 1. The molecule has 104 valence electrons. The lowest BCUT2D eigenvalue weighted by atomic mass is 9.94. The molecular formula is C15H20BrNO2. The Morgan fingerprint density at radius 1 is 1.26 bits per heavy atom. The highest BCUT2D eigenvalue weighted by atomic mass is 79.9. The lowest BCUT2D eigenvalue weighted by Crippen LogP contribution is -2.28. The zero-order valence-electron chi connectivity index (χ0n) is 11.3. The second-order valence-corrected chi connectivity index (χ2v) is 6.12. The molecule has 0 amide bonds. The van der Waals surface area contributed by atoms with Crippen molar-refractivity contribution < 1.29 is 4.79 Å². The molecule has 1 heterocycles. The van der Waals surface area contributed by atoms with Crippen molar-refractivity contribution in [2.24, 2.45) is 5.92 Å². The third-order valence-electron chi connectivity index (χ3n) is 3.86. The van der Waals surface area contributed by atoms with Crippen molar-refractivity contribution in [1.82, 2.24) is 4.57 Å². The fourth-order valence-electron chi connectivity index (χ4n) is 2.62. The Bertz CT molecular complexity index is 521. The Morgan fingerprint density at radius 3 is 2.79 bits per heavy atom. The van der Waals surface area contributed by atoms with Crippen LogP contribution < -0.4 is 5.56 Å². The van der Waals surface area contributed by atoms with Gasteiger partial charge in [0.05, 0.1) is 0 Å². The van der Waals surface area contributed by atoms with Crippen molar-refractivity contribution in [3.05, 3.63) is 33.7 Å². The summed E-state index contributed by atoms with van der Waals surface area (Å²) in [5, 5.41) is 0.994. The second-order valence-electron chi connectivity index (χ2n) is 5.33. The number of hydrogen-bond donors (Lipinski definition) is 0. The zero-order chi connectivity index (χ0) is 13.8. The molecule has 0 radical (unpaired) electrons. The predicted octanol–water partition coefficient (Wildman–Crippen LogP) is 3.18. The summed E-state index contributed by atoms with van der Waals surface area (Å²) in [5.41, 5.74) is 1.74. The number of ketones is 1. The molecule has 19 heavy (non-hydrogen) atoms. The van der Waals surface area contributed by atoms with Crippen LogP contribution >= 0.6 is 15.9 Å². The molecule has 0 spiro atoms. The van der Waals surface area contributed by atoms with Crippen LogP contribution in [0.2, 0.25) is 0 Å². The number of Topliss-reactive ketones (excluding diaryl/α,β-unsaturated/α-hetero) is 1. The van der Waals surface area contributed by atoms with E-state index in [-0.39, 0.29) is 11.3 Å². The molecule has 0 bridgehead atoms. The summed E-state index contributed by atoms with van der Waals surface area (Å²) in [6.07, 6.45) is 4.43. The maximum absolute atomic E-state index is 12.0. The number of carbonyl (C=O) groups excluding carboxylic acids is 1. The minimum absolute atomic E-state index is 0.0273. The van der Waals surface area contributed by atoms with Crippen LogP contribution in [-0.2, 0) is 13.0 Å². The molecule has 3 nitrogen and oxygen atoms in total. The summed E-state index contributed by atoms with van der Waals surface area (Å²) in [7, 11) is 0. The number of halogens is 1. The minimum atomic E-state index is 0.0273. The highest BCUT2D eigenvalue weighted by Crippen LogP contribution is 2.20. The van der Waals surface area contributed by atoms with Crippen molar-refractivity contribution in [2.45, 2.75) is 45.6 Å². The number of fused-ring (bicyclic) bond motifs is 1. The van der Waals surface area contributed by atoms with Gasteiger partial charge in [-0.3, -0.25) is 9.59 Å². The van der Waals surface area contributed by atoms with Crippen LogP contribution in [0.4, 0.5) is 0 Å². The fourth-order valence-corrected chi connectivity index (χ4v) is 3.40. The number of pyridine rings is 1. The van der Waals surface area contributed by atoms with E-state index in [1.54, 1.807) is 6.07 Å². The third-order valence-corrected chi connectivity index (χ3v) is 4.32. The molecule has 0 aromatic carbocycles. The molecule has 0 fully saturated rings. The normalized spacial score (nSPS) is 16.2. The van der Waals surface area contributed by atoms with Crippen LogP contribution in [0.3, 0.4) is 0 Å². The Hall–Kier alpha value is -0.900. The van der Waals surface area contributed by atoms with Crippen molar-refractivity contribution >= 4 is 21.7 Å². The summed E-state index contributed by atoms with van der Waals surface area (Å²) >= 11 is 3.45. The summed E-state index contributed by atoms with van der Waals surface area (Å²) in [5.74, 6) is 0.768. The van der Waals surface area contributed by atoms with Gasteiger partial charge in [-0.15, -0.1) is 0 Å². The Morgan fingerprint density at radius 2 is 2.05 bits per heavy atom. The quantitative estimate of drug-likeness (QED) is 0.780. The van der Waals surface area contributed by atoms with Gasteiger partial charge in [0.15, 0.2) is 5.78 Å². The number of hydrogen-bond acceptors (Lipinski definition) is 2. The van der Waals surface area contributed by atoms with E-state index in [9.17, 15) is 9.59 Å². The molecule has 1 aliphatic carbocycles. The van der Waals surface area contributed by atoms with Gasteiger partial charge >= 0.3 is 0 Å². The average Bonchev–Trinajstić information content (AvgIpc) is 2.38. The second kappa shape index (κ2) is 6.51. The maximum atomic E-state index is 12.0. The Kier molecular flexibility index (Phi) is 4.97. The standard InChI is InChI=1S/C15H20BrNO2/c1-11(7-9-16)8-10-17-13-3-2-4-14(18)12(13)5-6-15(17)19/h5-6,11H,2-4,7-10H2,1H3. The van der Waals surface area contributed by atoms with Gasteiger partial charge in [-0.2, -0.15) is 0 Å². The molecule has 1 atom stereocenters. The van der Waals surface area contributed by atoms with Crippen LogP contribution in [0.5, 0.6) is 0 Å². The summed E-state index contributed by atoms with van der Waals surface area (Å²) in [4.78, 5) is 23.9. The van der Waals surface area contributed by atoms with E-state index in [1.165, 1.54) is 6.07 Å². The summed E-state index contributed by atoms with van der Waals surface area (Å²) < 4.78 is 1.82. The van der Waals surface area contributed by atoms with Gasteiger partial charge in [0.2, 0.25) is 0 Å². The molecule has 0 N–H and O–H groups in total. The summed E-state index contributed by atoms with van der Waals surface area (Å²) in [6.45, 7) is 2.93. The SMILES string of the molecule is CC(CCBr)CCn1c2c(ccc1=O)C(=O)CCC2. The van der Waals surface area contributed by atoms with E-state index < -0.39 is 0 Å². The lowest BCUT2D eigenvalue weighted by molar-refractivity contribution is 0.0970. The molecular weight excluding hydrogens is 306 g/mol. The first-order chi connectivity index (χ1) is 9.13. The highest BCUT2D eigenvalue weighted by Gasteiger charge is 2.20. The van der Waals surface area contributed by atoms with Crippen LogP contribution in [0.25, 0.3) is 0 Å². The molecule has 1 aromatic heterocycles.